The fourth-order valence-corrected chi connectivity index (χ4v) is 2.67. The van der Waals surface area contributed by atoms with Crippen LogP contribution in [0.4, 0.5) is 30.6 Å². The molecular formula is C19H16ClF3N4O. The van der Waals surface area contributed by atoms with Gasteiger partial charge in [-0.05, 0) is 18.2 Å². The summed E-state index contributed by atoms with van der Waals surface area (Å²) in [6.45, 7) is 0.144. The number of nitrogens with zero attached hydrogens (tertiary/aromatic N) is 2. The molecule has 0 aliphatic heterocycles. The van der Waals surface area contributed by atoms with Crippen LogP contribution in [-0.2, 0) is 6.18 Å². The summed E-state index contributed by atoms with van der Waals surface area (Å²) in [4.78, 5) is 8.68. The van der Waals surface area contributed by atoms with Gasteiger partial charge in [0, 0.05) is 18.2 Å². The average molecular weight is 409 g/mol. The lowest BCUT2D eigenvalue weighted by molar-refractivity contribution is -0.137. The van der Waals surface area contributed by atoms with Gasteiger partial charge in [-0.1, -0.05) is 41.9 Å². The largest absolute Gasteiger partial charge is 0.416 e. The number of rotatable bonds is 6. The highest BCUT2D eigenvalue weighted by Crippen LogP contribution is 2.35. The average Bonchev–Trinajstić information content (AvgIpc) is 2.67. The van der Waals surface area contributed by atoms with Gasteiger partial charge in [-0.3, -0.25) is 0 Å². The molecule has 0 atom stereocenters. The van der Waals surface area contributed by atoms with Crippen LogP contribution in [0, 0.1) is 0 Å². The van der Waals surface area contributed by atoms with Crippen molar-refractivity contribution in [2.75, 3.05) is 23.8 Å². The quantitative estimate of drug-likeness (QED) is 0.537. The Morgan fingerprint density at radius 2 is 1.75 bits per heavy atom. The van der Waals surface area contributed by atoms with E-state index in [2.05, 4.69) is 20.6 Å². The summed E-state index contributed by atoms with van der Waals surface area (Å²) >= 11 is 6.01. The summed E-state index contributed by atoms with van der Waals surface area (Å²) in [5, 5.41) is 14.7. The van der Waals surface area contributed by atoms with Crippen LogP contribution in [0.15, 0.2) is 54.6 Å². The van der Waals surface area contributed by atoms with E-state index in [1.54, 1.807) is 6.07 Å². The van der Waals surface area contributed by atoms with Gasteiger partial charge >= 0.3 is 6.18 Å². The van der Waals surface area contributed by atoms with Crippen LogP contribution in [0.2, 0.25) is 5.02 Å². The molecule has 3 N–H and O–H groups in total. The molecule has 9 heteroatoms. The lowest BCUT2D eigenvalue weighted by Gasteiger charge is -2.13. The number of aliphatic hydroxyl groups is 1. The number of hydrogen-bond donors (Lipinski definition) is 3. The third-order valence-electron chi connectivity index (χ3n) is 3.75. The second-order valence-corrected chi connectivity index (χ2v) is 6.20. The van der Waals surface area contributed by atoms with Crippen molar-refractivity contribution in [3.8, 4) is 11.3 Å². The lowest BCUT2D eigenvalue weighted by atomic mass is 10.1. The van der Waals surface area contributed by atoms with E-state index in [9.17, 15) is 13.2 Å². The molecule has 0 aliphatic carbocycles. The van der Waals surface area contributed by atoms with Crippen molar-refractivity contribution in [2.24, 2.45) is 0 Å². The normalized spacial score (nSPS) is 11.3. The molecule has 0 unspecified atom stereocenters. The van der Waals surface area contributed by atoms with Crippen molar-refractivity contribution in [3.05, 3.63) is 65.2 Å². The van der Waals surface area contributed by atoms with Crippen LogP contribution in [0.3, 0.4) is 0 Å². The van der Waals surface area contributed by atoms with Gasteiger partial charge < -0.3 is 15.7 Å². The summed E-state index contributed by atoms with van der Waals surface area (Å²) < 4.78 is 38.4. The molecule has 3 rings (SSSR count). The highest BCUT2D eigenvalue weighted by atomic mass is 35.5. The molecule has 5 nitrogen and oxygen atoms in total. The summed E-state index contributed by atoms with van der Waals surface area (Å²) in [6.07, 6.45) is -4.47. The minimum absolute atomic E-state index is 0.0837. The molecule has 1 heterocycles. The van der Waals surface area contributed by atoms with Gasteiger partial charge in [0.05, 0.1) is 28.6 Å². The molecule has 0 saturated heterocycles. The Balaban J connectivity index is 1.95. The van der Waals surface area contributed by atoms with Crippen LogP contribution in [0.25, 0.3) is 11.3 Å². The van der Waals surface area contributed by atoms with Crippen LogP contribution in [0.1, 0.15) is 5.56 Å². The maximum atomic E-state index is 12.8. The first-order valence-electron chi connectivity index (χ1n) is 8.30. The van der Waals surface area contributed by atoms with Crippen molar-refractivity contribution in [3.63, 3.8) is 0 Å². The second-order valence-electron chi connectivity index (χ2n) is 5.80. The van der Waals surface area contributed by atoms with E-state index in [-0.39, 0.29) is 29.8 Å². The monoisotopic (exact) mass is 408 g/mol. The van der Waals surface area contributed by atoms with Crippen LogP contribution in [0.5, 0.6) is 0 Å². The Kier molecular flexibility index (Phi) is 6.01. The van der Waals surface area contributed by atoms with Crippen molar-refractivity contribution in [1.82, 2.24) is 9.97 Å². The van der Waals surface area contributed by atoms with Gasteiger partial charge in [-0.15, -0.1) is 0 Å². The zero-order valence-electron chi connectivity index (χ0n) is 14.5. The van der Waals surface area contributed by atoms with E-state index >= 15 is 0 Å². The van der Waals surface area contributed by atoms with Gasteiger partial charge in [-0.2, -0.15) is 18.2 Å². The third-order valence-corrected chi connectivity index (χ3v) is 4.06. The molecule has 0 aliphatic rings. The molecule has 2 aromatic carbocycles. The Hall–Kier alpha value is -2.84. The van der Waals surface area contributed by atoms with E-state index < -0.39 is 11.7 Å². The third kappa shape index (κ3) is 4.90. The van der Waals surface area contributed by atoms with Gasteiger partial charge in [0.1, 0.15) is 5.82 Å². The summed E-state index contributed by atoms with van der Waals surface area (Å²) in [6, 6.07) is 14.0. The number of anilines is 3. The topological polar surface area (TPSA) is 70.1 Å². The van der Waals surface area contributed by atoms with Crippen molar-refractivity contribution in [1.29, 1.82) is 0 Å². The molecular weight excluding hydrogens is 393 g/mol. The molecule has 28 heavy (non-hydrogen) atoms. The first kappa shape index (κ1) is 19.9. The SMILES string of the molecule is OCCNc1nc(Nc2ccc(C(F)(F)F)cc2Cl)cc(-c2ccccc2)n1. The smallest absolute Gasteiger partial charge is 0.395 e. The van der Waals surface area contributed by atoms with Gasteiger partial charge in [0.15, 0.2) is 0 Å². The second kappa shape index (κ2) is 8.45. The predicted molar refractivity (Wildman–Crippen MR) is 103 cm³/mol. The molecule has 3 aromatic rings. The molecule has 1 aromatic heterocycles. The zero-order valence-corrected chi connectivity index (χ0v) is 15.2. The zero-order chi connectivity index (χ0) is 20.1. The minimum Gasteiger partial charge on any atom is -0.395 e. The predicted octanol–water partition coefficient (Wildman–Crippen LogP) is 4.96. The van der Waals surface area contributed by atoms with Gasteiger partial charge in [0.2, 0.25) is 5.95 Å². The first-order chi connectivity index (χ1) is 13.4. The molecule has 0 amide bonds. The number of alkyl halides is 3. The molecule has 0 fully saturated rings. The standard InChI is InChI=1S/C19H16ClF3N4O/c20-14-10-13(19(21,22)23)6-7-15(14)25-17-11-16(12-4-2-1-3-5-12)26-18(27-17)24-8-9-28/h1-7,10-11,28H,8-9H2,(H2,24,25,26,27). The number of aromatic nitrogens is 2. The maximum absolute atomic E-state index is 12.8. The summed E-state index contributed by atoms with van der Waals surface area (Å²) in [7, 11) is 0. The van der Waals surface area contributed by atoms with E-state index in [4.69, 9.17) is 16.7 Å². The fraction of sp³-hybridized carbons (Fsp3) is 0.158. The van der Waals surface area contributed by atoms with Crippen molar-refractivity contribution >= 4 is 29.1 Å². The van der Waals surface area contributed by atoms with E-state index in [1.807, 2.05) is 30.3 Å². The number of aliphatic hydroxyl groups excluding tert-OH is 1. The lowest BCUT2D eigenvalue weighted by Crippen LogP contribution is -2.10. The van der Waals surface area contributed by atoms with Gasteiger partial charge in [-0.25, -0.2) is 4.98 Å². The van der Waals surface area contributed by atoms with Crippen molar-refractivity contribution in [2.45, 2.75) is 6.18 Å². The Morgan fingerprint density at radius 1 is 1.00 bits per heavy atom. The van der Waals surface area contributed by atoms with E-state index in [1.165, 1.54) is 6.07 Å². The summed E-state index contributed by atoms with van der Waals surface area (Å²) in [5.74, 6) is 0.608. The van der Waals surface area contributed by atoms with Crippen LogP contribution < -0.4 is 10.6 Å². The Bertz CT molecular complexity index is 952. The van der Waals surface area contributed by atoms with E-state index in [0.29, 0.717) is 11.5 Å². The molecule has 0 bridgehead atoms. The molecule has 0 spiro atoms. The highest BCUT2D eigenvalue weighted by molar-refractivity contribution is 6.33. The van der Waals surface area contributed by atoms with Gasteiger partial charge in [0.25, 0.3) is 0 Å². The Morgan fingerprint density at radius 3 is 2.39 bits per heavy atom. The Labute approximate surface area is 164 Å². The molecule has 146 valence electrons. The fourth-order valence-electron chi connectivity index (χ4n) is 2.45. The van der Waals surface area contributed by atoms with Crippen molar-refractivity contribution < 1.29 is 18.3 Å². The number of nitrogens with one attached hydrogen (secondary N) is 2. The number of hydrogen-bond acceptors (Lipinski definition) is 5. The number of halogens is 4. The minimum atomic E-state index is -4.47. The summed E-state index contributed by atoms with van der Waals surface area (Å²) in [5.41, 5.74) is 0.876. The maximum Gasteiger partial charge on any atom is 0.416 e. The van der Waals surface area contributed by atoms with E-state index in [0.717, 1.165) is 17.7 Å². The first-order valence-corrected chi connectivity index (χ1v) is 8.67. The van der Waals surface area contributed by atoms with Crippen LogP contribution >= 0.6 is 11.6 Å². The highest BCUT2D eigenvalue weighted by Gasteiger charge is 2.30. The van der Waals surface area contributed by atoms with Crippen LogP contribution in [-0.4, -0.2) is 28.2 Å². The molecule has 0 saturated carbocycles. The molecule has 0 radical (unpaired) electrons. The number of benzene rings is 2.